The van der Waals surface area contributed by atoms with Crippen molar-refractivity contribution in [1.82, 2.24) is 0 Å². The molecule has 0 nitrogen and oxygen atoms in total. The fraction of sp³-hybridized carbons (Fsp3) is 0.429. The monoisotopic (exact) mass is 254 g/mol. The Labute approximate surface area is 107 Å². The first-order chi connectivity index (χ1) is 7.70. The molecule has 1 aliphatic rings. The lowest BCUT2D eigenvalue weighted by Gasteiger charge is -2.24. The van der Waals surface area contributed by atoms with E-state index in [-0.39, 0.29) is 0 Å². The van der Waals surface area contributed by atoms with Crippen LogP contribution in [0.1, 0.15) is 31.7 Å². The molecule has 0 spiro atoms. The van der Waals surface area contributed by atoms with E-state index in [1.807, 2.05) is 12.1 Å². The third-order valence-electron chi connectivity index (χ3n) is 3.27. The quantitative estimate of drug-likeness (QED) is 0.641. The molecule has 1 aromatic carbocycles. The Balaban J connectivity index is 2.35. The average Bonchev–Trinajstić information content (AvgIpc) is 2.30. The van der Waals surface area contributed by atoms with Crippen LogP contribution in [0.4, 0.5) is 0 Å². The van der Waals surface area contributed by atoms with E-state index < -0.39 is 0 Å². The zero-order valence-electron chi connectivity index (χ0n) is 9.47. The van der Waals surface area contributed by atoms with Gasteiger partial charge < -0.3 is 0 Å². The maximum absolute atomic E-state index is 6.02. The van der Waals surface area contributed by atoms with E-state index in [4.69, 9.17) is 23.2 Å². The van der Waals surface area contributed by atoms with Gasteiger partial charge in [0.1, 0.15) is 0 Å². The normalized spacial score (nSPS) is 21.3. The average molecular weight is 255 g/mol. The topological polar surface area (TPSA) is 0 Å². The minimum absolute atomic E-state index is 0.657. The molecule has 0 fully saturated rings. The van der Waals surface area contributed by atoms with E-state index in [9.17, 15) is 0 Å². The van der Waals surface area contributed by atoms with E-state index in [0.717, 1.165) is 23.8 Å². The van der Waals surface area contributed by atoms with Gasteiger partial charge in [0.05, 0.1) is 0 Å². The van der Waals surface area contributed by atoms with Gasteiger partial charge in [0.25, 0.3) is 0 Å². The zero-order chi connectivity index (χ0) is 11.5. The summed E-state index contributed by atoms with van der Waals surface area (Å²) in [5, 5.41) is 0.792. The number of hydrogen-bond acceptors (Lipinski definition) is 0. The molecule has 0 unspecified atom stereocenters. The fourth-order valence-electron chi connectivity index (χ4n) is 2.29. The van der Waals surface area contributed by atoms with Crippen molar-refractivity contribution < 1.29 is 0 Å². The number of allylic oxidation sites excluding steroid dienone is 2. The van der Waals surface area contributed by atoms with Crippen molar-refractivity contribution in [3.63, 3.8) is 0 Å². The number of halogens is 2. The van der Waals surface area contributed by atoms with Crippen LogP contribution in [0.15, 0.2) is 29.8 Å². The number of rotatable bonds is 2. The Morgan fingerprint density at radius 2 is 1.94 bits per heavy atom. The van der Waals surface area contributed by atoms with Gasteiger partial charge in [-0.15, -0.1) is 11.6 Å². The summed E-state index contributed by atoms with van der Waals surface area (Å²) in [6.07, 6.45) is 3.55. The maximum atomic E-state index is 6.02. The van der Waals surface area contributed by atoms with Crippen LogP contribution in [0.25, 0.3) is 5.57 Å². The fourth-order valence-corrected chi connectivity index (χ4v) is 2.71. The van der Waals surface area contributed by atoms with Gasteiger partial charge >= 0.3 is 0 Å². The van der Waals surface area contributed by atoms with Crippen LogP contribution in [0.5, 0.6) is 0 Å². The Morgan fingerprint density at radius 1 is 1.25 bits per heavy atom. The summed E-state index contributed by atoms with van der Waals surface area (Å²) in [5.74, 6) is 1.42. The predicted octanol–water partition coefficient (Wildman–Crippen LogP) is 5.15. The van der Waals surface area contributed by atoms with E-state index in [2.05, 4.69) is 19.1 Å². The van der Waals surface area contributed by atoms with Crippen molar-refractivity contribution in [2.45, 2.75) is 26.2 Å². The highest BCUT2D eigenvalue weighted by molar-refractivity contribution is 6.30. The van der Waals surface area contributed by atoms with Gasteiger partial charge in [0, 0.05) is 10.9 Å². The molecule has 0 N–H and O–H groups in total. The number of alkyl halides is 1. The molecule has 0 amide bonds. The highest BCUT2D eigenvalue weighted by Gasteiger charge is 2.18. The minimum atomic E-state index is 0.657. The summed E-state index contributed by atoms with van der Waals surface area (Å²) < 4.78 is 0. The largest absolute Gasteiger partial charge is 0.122 e. The lowest BCUT2D eigenvalue weighted by molar-refractivity contribution is 0.524. The molecule has 0 saturated heterocycles. The lowest BCUT2D eigenvalue weighted by Crippen LogP contribution is -2.08. The maximum Gasteiger partial charge on any atom is 0.0439 e. The van der Waals surface area contributed by atoms with Crippen LogP contribution >= 0.6 is 23.2 Å². The smallest absolute Gasteiger partial charge is 0.0439 e. The molecular formula is C14H16Cl2. The van der Waals surface area contributed by atoms with Gasteiger partial charge in [-0.2, -0.15) is 0 Å². The Bertz CT molecular complexity index is 390. The van der Waals surface area contributed by atoms with Crippen molar-refractivity contribution in [2.24, 2.45) is 5.92 Å². The third-order valence-corrected chi connectivity index (χ3v) is 3.85. The van der Waals surface area contributed by atoms with Crippen molar-refractivity contribution in [3.05, 3.63) is 40.4 Å². The SMILES string of the molecule is C[C@@H]1CCC(CCl)=C(c2ccc(Cl)cc2)C1. The van der Waals surface area contributed by atoms with Gasteiger partial charge in [-0.25, -0.2) is 0 Å². The molecule has 2 rings (SSSR count). The van der Waals surface area contributed by atoms with E-state index in [0.29, 0.717) is 5.88 Å². The predicted molar refractivity (Wildman–Crippen MR) is 72.1 cm³/mol. The molecule has 86 valence electrons. The summed E-state index contributed by atoms with van der Waals surface area (Å²) >= 11 is 11.9. The molecule has 0 radical (unpaired) electrons. The van der Waals surface area contributed by atoms with Gasteiger partial charge in [0.2, 0.25) is 0 Å². The van der Waals surface area contributed by atoms with Crippen LogP contribution in [-0.2, 0) is 0 Å². The first-order valence-corrected chi connectivity index (χ1v) is 6.64. The summed E-state index contributed by atoms with van der Waals surface area (Å²) in [4.78, 5) is 0. The highest BCUT2D eigenvalue weighted by atomic mass is 35.5. The summed E-state index contributed by atoms with van der Waals surface area (Å²) in [7, 11) is 0. The molecule has 0 saturated carbocycles. The molecule has 1 aromatic rings. The molecule has 0 aromatic heterocycles. The standard InChI is InChI=1S/C14H16Cl2/c1-10-2-3-12(9-15)14(8-10)11-4-6-13(16)7-5-11/h4-7,10H,2-3,8-9H2,1H3/t10-/m1/s1. The summed E-state index contributed by atoms with van der Waals surface area (Å²) in [5.41, 5.74) is 4.12. The molecule has 1 aliphatic carbocycles. The molecule has 2 heteroatoms. The van der Waals surface area contributed by atoms with Crippen molar-refractivity contribution in [2.75, 3.05) is 5.88 Å². The zero-order valence-corrected chi connectivity index (χ0v) is 11.0. The van der Waals surface area contributed by atoms with Gasteiger partial charge in [-0.3, -0.25) is 0 Å². The van der Waals surface area contributed by atoms with Crippen molar-refractivity contribution in [3.8, 4) is 0 Å². The molecule has 16 heavy (non-hydrogen) atoms. The van der Waals surface area contributed by atoms with Crippen molar-refractivity contribution in [1.29, 1.82) is 0 Å². The second-order valence-corrected chi connectivity index (χ2v) is 5.27. The lowest BCUT2D eigenvalue weighted by atomic mass is 9.82. The molecule has 0 aliphatic heterocycles. The summed E-state index contributed by atoms with van der Waals surface area (Å²) in [6, 6.07) is 8.11. The number of hydrogen-bond donors (Lipinski definition) is 0. The van der Waals surface area contributed by atoms with Crippen LogP contribution in [0.3, 0.4) is 0 Å². The second kappa shape index (κ2) is 5.25. The molecule has 1 atom stereocenters. The number of benzene rings is 1. The summed E-state index contributed by atoms with van der Waals surface area (Å²) in [6.45, 7) is 2.31. The van der Waals surface area contributed by atoms with E-state index >= 15 is 0 Å². The second-order valence-electron chi connectivity index (χ2n) is 4.57. The van der Waals surface area contributed by atoms with Gasteiger partial charge in [-0.1, -0.05) is 36.2 Å². The van der Waals surface area contributed by atoms with Crippen molar-refractivity contribution >= 4 is 28.8 Å². The highest BCUT2D eigenvalue weighted by Crippen LogP contribution is 2.36. The minimum Gasteiger partial charge on any atom is -0.122 e. The first kappa shape index (κ1) is 12.0. The van der Waals surface area contributed by atoms with Gasteiger partial charge in [-0.05, 0) is 48.4 Å². The molecular weight excluding hydrogens is 239 g/mol. The van der Waals surface area contributed by atoms with Crippen LogP contribution in [0.2, 0.25) is 5.02 Å². The molecule has 0 heterocycles. The van der Waals surface area contributed by atoms with E-state index in [1.165, 1.54) is 23.1 Å². The third kappa shape index (κ3) is 2.61. The van der Waals surface area contributed by atoms with Crippen LogP contribution in [-0.4, -0.2) is 5.88 Å². The van der Waals surface area contributed by atoms with E-state index in [1.54, 1.807) is 0 Å². The Kier molecular flexibility index (Phi) is 3.94. The first-order valence-electron chi connectivity index (χ1n) is 5.73. The van der Waals surface area contributed by atoms with Crippen LogP contribution in [0, 0.1) is 5.92 Å². The van der Waals surface area contributed by atoms with Crippen LogP contribution < -0.4 is 0 Å². The van der Waals surface area contributed by atoms with Gasteiger partial charge in [0.15, 0.2) is 0 Å². The molecule has 0 bridgehead atoms. The Hall–Kier alpha value is -0.460. The Morgan fingerprint density at radius 3 is 2.56 bits per heavy atom.